The molecule has 70 valence electrons. The van der Waals surface area contributed by atoms with E-state index in [1.165, 1.54) is 0 Å². The maximum Gasteiger partial charge on any atom is 0.208 e. The van der Waals surface area contributed by atoms with Crippen molar-refractivity contribution in [3.63, 3.8) is 0 Å². The van der Waals surface area contributed by atoms with Crippen molar-refractivity contribution >= 4 is 0 Å². The maximum atomic E-state index is 8.41. The van der Waals surface area contributed by atoms with E-state index in [1.807, 2.05) is 13.8 Å². The second-order valence-electron chi connectivity index (χ2n) is 3.01. The summed E-state index contributed by atoms with van der Waals surface area (Å²) >= 11 is 0. The quantitative estimate of drug-likeness (QED) is 0.758. The van der Waals surface area contributed by atoms with Crippen molar-refractivity contribution in [3.05, 3.63) is 17.8 Å². The number of oxazole rings is 1. The lowest BCUT2D eigenvalue weighted by atomic mass is 10.2. The predicted molar refractivity (Wildman–Crippen MR) is 47.8 cm³/mol. The van der Waals surface area contributed by atoms with Gasteiger partial charge < -0.3 is 9.73 Å². The van der Waals surface area contributed by atoms with Gasteiger partial charge in [0.05, 0.1) is 25.2 Å². The largest absolute Gasteiger partial charge is 0.445 e. The van der Waals surface area contributed by atoms with Crippen LogP contribution in [0.3, 0.4) is 0 Å². The molecule has 0 amide bonds. The molecule has 0 saturated carbocycles. The molecule has 4 heteroatoms. The molecule has 0 aliphatic heterocycles. The minimum Gasteiger partial charge on any atom is -0.445 e. The van der Waals surface area contributed by atoms with Gasteiger partial charge in [0, 0.05) is 6.04 Å². The van der Waals surface area contributed by atoms with Gasteiger partial charge in [-0.25, -0.2) is 4.98 Å². The molecule has 0 bridgehead atoms. The summed E-state index contributed by atoms with van der Waals surface area (Å²) in [6.45, 7) is 4.39. The van der Waals surface area contributed by atoms with Crippen LogP contribution >= 0.6 is 0 Å². The van der Waals surface area contributed by atoms with Crippen LogP contribution in [0.1, 0.15) is 25.0 Å². The van der Waals surface area contributed by atoms with Crippen molar-refractivity contribution in [2.75, 3.05) is 0 Å². The highest BCUT2D eigenvalue weighted by Crippen LogP contribution is 2.01. The van der Waals surface area contributed by atoms with E-state index in [0.717, 1.165) is 5.76 Å². The molecule has 0 fully saturated rings. The Bertz CT molecular complexity index is 300. The molecule has 1 unspecified atom stereocenters. The van der Waals surface area contributed by atoms with Gasteiger partial charge in [0.2, 0.25) is 5.89 Å². The third kappa shape index (κ3) is 3.26. The van der Waals surface area contributed by atoms with Gasteiger partial charge >= 0.3 is 0 Å². The Morgan fingerprint density at radius 3 is 3.08 bits per heavy atom. The number of nitriles is 1. The second-order valence-corrected chi connectivity index (χ2v) is 3.01. The van der Waals surface area contributed by atoms with Crippen LogP contribution in [0.4, 0.5) is 0 Å². The molecule has 0 aliphatic rings. The lowest BCUT2D eigenvalue weighted by molar-refractivity contribution is 0.430. The van der Waals surface area contributed by atoms with E-state index in [0.29, 0.717) is 18.9 Å². The van der Waals surface area contributed by atoms with Gasteiger partial charge in [-0.05, 0) is 13.8 Å². The van der Waals surface area contributed by atoms with Gasteiger partial charge in [0.25, 0.3) is 0 Å². The Morgan fingerprint density at radius 2 is 2.54 bits per heavy atom. The van der Waals surface area contributed by atoms with E-state index in [1.54, 1.807) is 6.20 Å². The molecule has 1 aromatic rings. The van der Waals surface area contributed by atoms with Gasteiger partial charge in [-0.15, -0.1) is 0 Å². The van der Waals surface area contributed by atoms with Crippen molar-refractivity contribution in [2.24, 2.45) is 0 Å². The molecule has 0 aromatic carbocycles. The Morgan fingerprint density at radius 1 is 1.77 bits per heavy atom. The van der Waals surface area contributed by atoms with Gasteiger partial charge in [0.1, 0.15) is 5.76 Å². The summed E-state index contributed by atoms with van der Waals surface area (Å²) in [5, 5.41) is 11.5. The highest BCUT2D eigenvalue weighted by molar-refractivity contribution is 4.90. The van der Waals surface area contributed by atoms with Gasteiger partial charge in [-0.2, -0.15) is 5.26 Å². The first-order valence-electron chi connectivity index (χ1n) is 4.24. The van der Waals surface area contributed by atoms with Crippen LogP contribution in [-0.2, 0) is 6.54 Å². The number of nitrogens with zero attached hydrogens (tertiary/aromatic N) is 2. The van der Waals surface area contributed by atoms with Crippen LogP contribution in [0.15, 0.2) is 10.6 Å². The third-order valence-electron chi connectivity index (χ3n) is 1.67. The summed E-state index contributed by atoms with van der Waals surface area (Å²) in [7, 11) is 0. The predicted octanol–water partition coefficient (Wildman–Crippen LogP) is 1.37. The Kier molecular flexibility index (Phi) is 3.47. The topological polar surface area (TPSA) is 61.9 Å². The molecular weight excluding hydrogens is 166 g/mol. The van der Waals surface area contributed by atoms with Gasteiger partial charge in [-0.3, -0.25) is 0 Å². The molecular formula is C9H13N3O. The Labute approximate surface area is 77.6 Å². The second kappa shape index (κ2) is 4.63. The van der Waals surface area contributed by atoms with E-state index >= 15 is 0 Å². The van der Waals surface area contributed by atoms with Crippen molar-refractivity contribution in [1.29, 1.82) is 5.26 Å². The van der Waals surface area contributed by atoms with E-state index in [2.05, 4.69) is 16.4 Å². The summed E-state index contributed by atoms with van der Waals surface area (Å²) in [6.07, 6.45) is 2.19. The van der Waals surface area contributed by atoms with Crippen molar-refractivity contribution in [3.8, 4) is 6.07 Å². The normalized spacial score (nSPS) is 12.4. The Balaban J connectivity index is 2.31. The molecule has 1 aromatic heterocycles. The standard InChI is InChI=1S/C9H13N3O/c1-7(3-4-10)11-6-9-12-5-8(2)13-9/h5,7,11H,3,6H2,1-2H3. The van der Waals surface area contributed by atoms with E-state index < -0.39 is 0 Å². The molecule has 1 N–H and O–H groups in total. The zero-order valence-electron chi connectivity index (χ0n) is 7.87. The Hall–Kier alpha value is -1.34. The van der Waals surface area contributed by atoms with Crippen LogP contribution in [0, 0.1) is 18.3 Å². The maximum absolute atomic E-state index is 8.41. The van der Waals surface area contributed by atoms with E-state index in [4.69, 9.17) is 9.68 Å². The van der Waals surface area contributed by atoms with Gasteiger partial charge in [-0.1, -0.05) is 0 Å². The summed E-state index contributed by atoms with van der Waals surface area (Å²) in [6, 6.07) is 2.27. The molecule has 0 spiro atoms. The first-order chi connectivity index (χ1) is 6.22. The lowest BCUT2D eigenvalue weighted by Crippen LogP contribution is -2.24. The van der Waals surface area contributed by atoms with Crippen molar-refractivity contribution in [1.82, 2.24) is 10.3 Å². The molecule has 4 nitrogen and oxygen atoms in total. The van der Waals surface area contributed by atoms with E-state index in [-0.39, 0.29) is 6.04 Å². The third-order valence-corrected chi connectivity index (χ3v) is 1.67. The average molecular weight is 179 g/mol. The van der Waals surface area contributed by atoms with Gasteiger partial charge in [0.15, 0.2) is 0 Å². The molecule has 1 rings (SSSR count). The summed E-state index contributed by atoms with van der Waals surface area (Å²) < 4.78 is 5.26. The number of hydrogen-bond donors (Lipinski definition) is 1. The molecule has 13 heavy (non-hydrogen) atoms. The smallest absolute Gasteiger partial charge is 0.208 e. The first-order valence-corrected chi connectivity index (χ1v) is 4.24. The number of hydrogen-bond acceptors (Lipinski definition) is 4. The fraction of sp³-hybridized carbons (Fsp3) is 0.556. The summed E-state index contributed by atoms with van der Waals surface area (Å²) in [5.41, 5.74) is 0. The number of nitrogens with one attached hydrogen (secondary N) is 1. The van der Waals surface area contributed by atoms with Crippen LogP contribution < -0.4 is 5.32 Å². The highest BCUT2D eigenvalue weighted by Gasteiger charge is 2.03. The van der Waals surface area contributed by atoms with Crippen LogP contribution in [-0.4, -0.2) is 11.0 Å². The van der Waals surface area contributed by atoms with Crippen LogP contribution in [0.5, 0.6) is 0 Å². The lowest BCUT2D eigenvalue weighted by Gasteiger charge is -2.06. The fourth-order valence-corrected chi connectivity index (χ4v) is 0.954. The fourth-order valence-electron chi connectivity index (χ4n) is 0.954. The molecule has 1 atom stereocenters. The van der Waals surface area contributed by atoms with E-state index in [9.17, 15) is 0 Å². The highest BCUT2D eigenvalue weighted by atomic mass is 16.4. The monoisotopic (exact) mass is 179 g/mol. The molecule has 0 saturated heterocycles. The van der Waals surface area contributed by atoms with Crippen LogP contribution in [0.25, 0.3) is 0 Å². The SMILES string of the molecule is Cc1cnc(CNC(C)CC#N)o1. The van der Waals surface area contributed by atoms with Crippen LogP contribution in [0.2, 0.25) is 0 Å². The number of aromatic nitrogens is 1. The summed E-state index contributed by atoms with van der Waals surface area (Å²) in [4.78, 5) is 4.04. The molecule has 0 aliphatic carbocycles. The average Bonchev–Trinajstić information content (AvgIpc) is 2.49. The summed E-state index contributed by atoms with van der Waals surface area (Å²) in [5.74, 6) is 1.48. The molecule has 1 heterocycles. The zero-order valence-corrected chi connectivity index (χ0v) is 7.87. The minimum atomic E-state index is 0.178. The zero-order chi connectivity index (χ0) is 9.68. The van der Waals surface area contributed by atoms with Crippen molar-refractivity contribution < 1.29 is 4.42 Å². The minimum absolute atomic E-state index is 0.178. The van der Waals surface area contributed by atoms with Crippen molar-refractivity contribution in [2.45, 2.75) is 32.9 Å². The first kappa shape index (κ1) is 9.75. The molecule has 0 radical (unpaired) electrons. The number of rotatable bonds is 4. The number of aryl methyl sites for hydroxylation is 1.